The molecule has 31 heavy (non-hydrogen) atoms. The third-order valence-corrected chi connectivity index (χ3v) is 5.97. The molecule has 0 saturated heterocycles. The highest BCUT2D eigenvalue weighted by Crippen LogP contribution is 2.23. The maximum Gasteiger partial charge on any atom is 0.261 e. The summed E-state index contributed by atoms with van der Waals surface area (Å²) in [4.78, 5) is 12.3. The van der Waals surface area contributed by atoms with Crippen molar-refractivity contribution in [1.29, 1.82) is 0 Å². The standard InChI is InChI=1S/C23H23FN2O4S/c1-16-14-21(31(28,29)26-20-6-4-3-5-7-20)12-13-22(16)30-15-23(27)25-17(2)18-8-10-19(24)11-9-18/h3-14,17,26H,15H2,1-2H3,(H,25,27)/t17-/m0/s1. The number of rotatable bonds is 8. The summed E-state index contributed by atoms with van der Waals surface area (Å²) in [5, 5.41) is 2.78. The van der Waals surface area contributed by atoms with E-state index in [4.69, 9.17) is 4.74 Å². The van der Waals surface area contributed by atoms with E-state index >= 15 is 0 Å². The highest BCUT2D eigenvalue weighted by atomic mass is 32.2. The minimum absolute atomic E-state index is 0.0931. The van der Waals surface area contributed by atoms with Gasteiger partial charge in [0.1, 0.15) is 11.6 Å². The number of para-hydroxylation sites is 1. The van der Waals surface area contributed by atoms with Crippen molar-refractivity contribution in [3.8, 4) is 5.75 Å². The molecule has 0 spiro atoms. The number of amides is 1. The average molecular weight is 443 g/mol. The monoisotopic (exact) mass is 442 g/mol. The van der Waals surface area contributed by atoms with E-state index < -0.39 is 10.0 Å². The molecule has 0 heterocycles. The van der Waals surface area contributed by atoms with E-state index in [1.807, 2.05) is 0 Å². The zero-order valence-corrected chi connectivity index (χ0v) is 17.9. The molecule has 3 aromatic rings. The smallest absolute Gasteiger partial charge is 0.261 e. The SMILES string of the molecule is Cc1cc(S(=O)(=O)Nc2ccccc2)ccc1OCC(=O)N[C@@H](C)c1ccc(F)cc1. The molecule has 0 bridgehead atoms. The van der Waals surface area contributed by atoms with E-state index in [-0.39, 0.29) is 29.3 Å². The fourth-order valence-corrected chi connectivity index (χ4v) is 4.08. The summed E-state index contributed by atoms with van der Waals surface area (Å²) in [6, 6.07) is 18.6. The number of hydrogen-bond acceptors (Lipinski definition) is 4. The highest BCUT2D eigenvalue weighted by molar-refractivity contribution is 7.92. The summed E-state index contributed by atoms with van der Waals surface area (Å²) in [7, 11) is -3.75. The Morgan fingerprint density at radius 2 is 1.71 bits per heavy atom. The Kier molecular flexibility index (Phi) is 6.91. The van der Waals surface area contributed by atoms with Gasteiger partial charge < -0.3 is 10.1 Å². The van der Waals surface area contributed by atoms with Crippen LogP contribution >= 0.6 is 0 Å². The molecule has 0 unspecified atom stereocenters. The predicted octanol–water partition coefficient (Wildman–Crippen LogP) is 4.19. The first-order chi connectivity index (χ1) is 14.7. The number of aryl methyl sites for hydroxylation is 1. The van der Waals surface area contributed by atoms with Gasteiger partial charge >= 0.3 is 0 Å². The van der Waals surface area contributed by atoms with Gasteiger partial charge in [-0.1, -0.05) is 30.3 Å². The summed E-state index contributed by atoms with van der Waals surface area (Å²) in [6.07, 6.45) is 0. The first-order valence-corrected chi connectivity index (χ1v) is 11.1. The Bertz CT molecular complexity index is 1150. The molecule has 6 nitrogen and oxygen atoms in total. The number of nitrogens with one attached hydrogen (secondary N) is 2. The maximum atomic E-state index is 13.0. The van der Waals surface area contributed by atoms with Crippen LogP contribution in [0.1, 0.15) is 24.1 Å². The molecule has 0 radical (unpaired) electrons. The van der Waals surface area contributed by atoms with Gasteiger partial charge in [-0.15, -0.1) is 0 Å². The number of benzene rings is 3. The Labute approximate surface area is 181 Å². The third-order valence-electron chi connectivity index (χ3n) is 4.59. The Morgan fingerprint density at radius 3 is 2.35 bits per heavy atom. The van der Waals surface area contributed by atoms with Gasteiger partial charge in [-0.05, 0) is 67.4 Å². The number of carbonyl (C=O) groups is 1. The van der Waals surface area contributed by atoms with Crippen molar-refractivity contribution >= 4 is 21.6 Å². The molecule has 3 aromatic carbocycles. The van der Waals surface area contributed by atoms with Crippen LogP contribution < -0.4 is 14.8 Å². The van der Waals surface area contributed by atoms with Crippen molar-refractivity contribution in [3.05, 3.63) is 89.7 Å². The molecule has 1 atom stereocenters. The fourth-order valence-electron chi connectivity index (χ4n) is 2.93. The molecule has 0 aliphatic heterocycles. The van der Waals surface area contributed by atoms with E-state index in [2.05, 4.69) is 10.0 Å². The zero-order chi connectivity index (χ0) is 22.4. The van der Waals surface area contributed by atoms with Crippen LogP contribution in [0.3, 0.4) is 0 Å². The normalized spacial score (nSPS) is 12.1. The second-order valence-corrected chi connectivity index (χ2v) is 8.71. The van der Waals surface area contributed by atoms with Crippen molar-refractivity contribution in [2.75, 3.05) is 11.3 Å². The Hall–Kier alpha value is -3.39. The van der Waals surface area contributed by atoms with E-state index in [1.165, 1.54) is 30.3 Å². The summed E-state index contributed by atoms with van der Waals surface area (Å²) < 4.78 is 46.2. The molecule has 162 valence electrons. The molecule has 0 aromatic heterocycles. The van der Waals surface area contributed by atoms with Gasteiger partial charge in [0.25, 0.3) is 15.9 Å². The molecular weight excluding hydrogens is 419 g/mol. The van der Waals surface area contributed by atoms with Crippen LogP contribution in [0.15, 0.2) is 77.7 Å². The van der Waals surface area contributed by atoms with E-state index in [0.717, 1.165) is 5.56 Å². The van der Waals surface area contributed by atoms with Crippen LogP contribution in [0, 0.1) is 12.7 Å². The number of halogens is 1. The van der Waals surface area contributed by atoms with Gasteiger partial charge in [0.15, 0.2) is 6.61 Å². The molecule has 0 saturated carbocycles. The van der Waals surface area contributed by atoms with Gasteiger partial charge in [0, 0.05) is 5.69 Å². The van der Waals surface area contributed by atoms with Crippen molar-refractivity contribution in [2.45, 2.75) is 24.8 Å². The third kappa shape index (κ3) is 6.05. The van der Waals surface area contributed by atoms with Crippen molar-refractivity contribution in [1.82, 2.24) is 5.32 Å². The van der Waals surface area contributed by atoms with E-state index in [1.54, 1.807) is 56.3 Å². The van der Waals surface area contributed by atoms with Crippen LogP contribution in [0.5, 0.6) is 5.75 Å². The largest absolute Gasteiger partial charge is 0.484 e. The quantitative estimate of drug-likeness (QED) is 0.548. The Morgan fingerprint density at radius 1 is 1.03 bits per heavy atom. The molecule has 8 heteroatoms. The van der Waals surface area contributed by atoms with Crippen molar-refractivity contribution in [3.63, 3.8) is 0 Å². The van der Waals surface area contributed by atoms with Crippen LogP contribution in [0.4, 0.5) is 10.1 Å². The zero-order valence-electron chi connectivity index (χ0n) is 17.1. The first kappa shape index (κ1) is 22.3. The molecular formula is C23H23FN2O4S. The van der Waals surface area contributed by atoms with E-state index in [9.17, 15) is 17.6 Å². The van der Waals surface area contributed by atoms with Crippen LogP contribution in [-0.4, -0.2) is 20.9 Å². The maximum absolute atomic E-state index is 13.0. The minimum Gasteiger partial charge on any atom is -0.484 e. The topological polar surface area (TPSA) is 84.5 Å². The van der Waals surface area contributed by atoms with E-state index in [0.29, 0.717) is 17.0 Å². The lowest BCUT2D eigenvalue weighted by atomic mass is 10.1. The Balaban J connectivity index is 1.60. The second kappa shape index (κ2) is 9.61. The lowest BCUT2D eigenvalue weighted by Crippen LogP contribution is -2.31. The predicted molar refractivity (Wildman–Crippen MR) is 117 cm³/mol. The van der Waals surface area contributed by atoms with Crippen LogP contribution in [0.2, 0.25) is 0 Å². The number of anilines is 1. The molecule has 0 fully saturated rings. The van der Waals surface area contributed by atoms with Crippen LogP contribution in [0.25, 0.3) is 0 Å². The minimum atomic E-state index is -3.75. The lowest BCUT2D eigenvalue weighted by Gasteiger charge is -2.16. The number of ether oxygens (including phenoxy) is 1. The van der Waals surface area contributed by atoms with Gasteiger partial charge in [-0.2, -0.15) is 0 Å². The lowest BCUT2D eigenvalue weighted by molar-refractivity contribution is -0.123. The first-order valence-electron chi connectivity index (χ1n) is 9.61. The fraction of sp³-hybridized carbons (Fsp3) is 0.174. The van der Waals surface area contributed by atoms with Crippen molar-refractivity contribution in [2.24, 2.45) is 0 Å². The molecule has 1 amide bonds. The summed E-state index contributed by atoms with van der Waals surface area (Å²) in [6.45, 7) is 3.26. The second-order valence-electron chi connectivity index (χ2n) is 7.03. The number of sulfonamides is 1. The molecule has 2 N–H and O–H groups in total. The highest BCUT2D eigenvalue weighted by Gasteiger charge is 2.16. The van der Waals surface area contributed by atoms with Gasteiger partial charge in [-0.3, -0.25) is 9.52 Å². The van der Waals surface area contributed by atoms with Gasteiger partial charge in [0.05, 0.1) is 10.9 Å². The average Bonchev–Trinajstić information content (AvgIpc) is 2.73. The number of carbonyl (C=O) groups excluding carboxylic acids is 1. The summed E-state index contributed by atoms with van der Waals surface area (Å²) in [5.41, 5.74) is 1.81. The summed E-state index contributed by atoms with van der Waals surface area (Å²) in [5.74, 6) is -0.285. The van der Waals surface area contributed by atoms with Crippen LogP contribution in [-0.2, 0) is 14.8 Å². The van der Waals surface area contributed by atoms with Crippen molar-refractivity contribution < 1.29 is 22.3 Å². The molecule has 3 rings (SSSR count). The summed E-state index contributed by atoms with van der Waals surface area (Å²) >= 11 is 0. The number of hydrogen-bond donors (Lipinski definition) is 2. The molecule has 0 aliphatic rings. The van der Waals surface area contributed by atoms with Gasteiger partial charge in [0.2, 0.25) is 0 Å². The van der Waals surface area contributed by atoms with Gasteiger partial charge in [-0.25, -0.2) is 12.8 Å². The molecule has 0 aliphatic carbocycles.